The highest BCUT2D eigenvalue weighted by Gasteiger charge is 2.28. The number of amides is 1. The zero-order chi connectivity index (χ0) is 18.1. The van der Waals surface area contributed by atoms with Crippen molar-refractivity contribution < 1.29 is 4.79 Å². The van der Waals surface area contributed by atoms with E-state index in [0.29, 0.717) is 29.4 Å². The first-order valence-corrected chi connectivity index (χ1v) is 10.4. The molecule has 136 valence electrons. The topological polar surface area (TPSA) is 92.1 Å². The fraction of sp³-hybridized carbons (Fsp3) is 0.588. The lowest BCUT2D eigenvalue weighted by Gasteiger charge is -2.20. The maximum Gasteiger partial charge on any atom is 0.259 e. The van der Waals surface area contributed by atoms with Gasteiger partial charge in [-0.2, -0.15) is 0 Å². The second-order valence-corrected chi connectivity index (χ2v) is 9.14. The molecule has 25 heavy (non-hydrogen) atoms. The second-order valence-electron chi connectivity index (χ2n) is 6.60. The number of aromatic nitrogens is 2. The lowest BCUT2D eigenvalue weighted by Crippen LogP contribution is -2.35. The first-order valence-electron chi connectivity index (χ1n) is 8.50. The van der Waals surface area contributed by atoms with Crippen LogP contribution in [0.15, 0.2) is 4.79 Å². The Morgan fingerprint density at radius 1 is 1.52 bits per heavy atom. The van der Waals surface area contributed by atoms with Gasteiger partial charge in [0.1, 0.15) is 10.7 Å². The molecule has 3 N–H and O–H groups in total. The van der Waals surface area contributed by atoms with E-state index in [0.717, 1.165) is 34.8 Å². The van der Waals surface area contributed by atoms with Crippen LogP contribution < -0.4 is 11.3 Å². The summed E-state index contributed by atoms with van der Waals surface area (Å²) in [5.41, 5.74) is 6.60. The summed E-state index contributed by atoms with van der Waals surface area (Å²) in [7, 11) is 0. The van der Waals surface area contributed by atoms with Crippen LogP contribution in [-0.2, 0) is 10.5 Å². The van der Waals surface area contributed by atoms with E-state index in [9.17, 15) is 9.59 Å². The van der Waals surface area contributed by atoms with Crippen molar-refractivity contribution in [2.75, 3.05) is 19.6 Å². The molecule has 1 aliphatic rings. The number of nitrogens with two attached hydrogens (primary N) is 1. The van der Waals surface area contributed by atoms with E-state index in [1.54, 1.807) is 11.3 Å². The maximum atomic E-state index is 12.5. The van der Waals surface area contributed by atoms with E-state index in [2.05, 4.69) is 9.97 Å². The van der Waals surface area contributed by atoms with Gasteiger partial charge in [0.2, 0.25) is 5.91 Å². The van der Waals surface area contributed by atoms with Gasteiger partial charge in [-0.15, -0.1) is 23.1 Å². The fourth-order valence-electron chi connectivity index (χ4n) is 3.13. The molecule has 1 aliphatic heterocycles. The molecule has 2 atom stereocenters. The van der Waals surface area contributed by atoms with E-state index >= 15 is 0 Å². The smallest absolute Gasteiger partial charge is 0.259 e. The van der Waals surface area contributed by atoms with Crippen molar-refractivity contribution in [1.29, 1.82) is 0 Å². The number of thioether (sulfide) groups is 1. The number of fused-ring (bicyclic) bond motifs is 1. The molecule has 0 aliphatic carbocycles. The van der Waals surface area contributed by atoms with Gasteiger partial charge in [-0.25, -0.2) is 4.98 Å². The van der Waals surface area contributed by atoms with Crippen LogP contribution in [0.1, 0.15) is 29.6 Å². The third kappa shape index (κ3) is 3.75. The van der Waals surface area contributed by atoms with Crippen LogP contribution in [0, 0.1) is 19.8 Å². The van der Waals surface area contributed by atoms with Gasteiger partial charge in [0.25, 0.3) is 5.56 Å². The molecule has 3 heterocycles. The highest BCUT2D eigenvalue weighted by Crippen LogP contribution is 2.27. The number of rotatable bonds is 5. The summed E-state index contributed by atoms with van der Waals surface area (Å²) in [6.45, 7) is 8.05. The average Bonchev–Trinajstić information content (AvgIpc) is 3.17. The van der Waals surface area contributed by atoms with Crippen molar-refractivity contribution in [3.63, 3.8) is 0 Å². The number of aromatic amines is 1. The van der Waals surface area contributed by atoms with Gasteiger partial charge in [-0.3, -0.25) is 9.59 Å². The summed E-state index contributed by atoms with van der Waals surface area (Å²) in [5, 5.41) is 0.523. The Bertz CT molecular complexity index is 845. The van der Waals surface area contributed by atoms with Crippen molar-refractivity contribution in [1.82, 2.24) is 14.9 Å². The molecule has 0 radical (unpaired) electrons. The lowest BCUT2D eigenvalue weighted by atomic mass is 10.1. The summed E-state index contributed by atoms with van der Waals surface area (Å²) >= 11 is 3.05. The summed E-state index contributed by atoms with van der Waals surface area (Å²) in [6, 6.07) is 0. The number of carbonyl (C=O) groups excluding carboxylic acids is 1. The van der Waals surface area contributed by atoms with Crippen molar-refractivity contribution in [3.8, 4) is 0 Å². The van der Waals surface area contributed by atoms with Crippen molar-refractivity contribution in [2.24, 2.45) is 11.7 Å². The second kappa shape index (κ2) is 7.47. The number of hydrogen-bond acceptors (Lipinski definition) is 6. The molecular weight excluding hydrogens is 356 g/mol. The molecule has 0 aromatic carbocycles. The van der Waals surface area contributed by atoms with E-state index < -0.39 is 0 Å². The molecule has 0 bridgehead atoms. The summed E-state index contributed by atoms with van der Waals surface area (Å²) in [4.78, 5) is 36.1. The van der Waals surface area contributed by atoms with E-state index in [1.165, 1.54) is 11.8 Å². The van der Waals surface area contributed by atoms with Crippen molar-refractivity contribution in [2.45, 2.75) is 38.2 Å². The highest BCUT2D eigenvalue weighted by molar-refractivity contribution is 7.99. The van der Waals surface area contributed by atoms with Crippen LogP contribution in [0.5, 0.6) is 0 Å². The molecule has 0 saturated carbocycles. The number of carbonyl (C=O) groups is 1. The van der Waals surface area contributed by atoms with Crippen LogP contribution in [0.3, 0.4) is 0 Å². The normalized spacial score (nSPS) is 18.9. The van der Waals surface area contributed by atoms with Crippen LogP contribution in [0.25, 0.3) is 10.2 Å². The fourth-order valence-corrected chi connectivity index (χ4v) is 5.01. The first kappa shape index (κ1) is 18.4. The minimum atomic E-state index is -0.163. The zero-order valence-corrected chi connectivity index (χ0v) is 16.4. The minimum absolute atomic E-state index is 0.0910. The van der Waals surface area contributed by atoms with Crippen LogP contribution in [0.4, 0.5) is 0 Å². The van der Waals surface area contributed by atoms with Gasteiger partial charge >= 0.3 is 0 Å². The number of aryl methyl sites for hydroxylation is 2. The lowest BCUT2D eigenvalue weighted by molar-refractivity contribution is -0.129. The maximum absolute atomic E-state index is 12.5. The van der Waals surface area contributed by atoms with Crippen molar-refractivity contribution in [3.05, 3.63) is 26.6 Å². The van der Waals surface area contributed by atoms with Gasteiger partial charge in [0.15, 0.2) is 0 Å². The van der Waals surface area contributed by atoms with Gasteiger partial charge in [-0.05, 0) is 45.2 Å². The molecule has 2 aromatic heterocycles. The van der Waals surface area contributed by atoms with Gasteiger partial charge in [0.05, 0.1) is 16.4 Å². The number of nitrogens with zero attached hydrogens (tertiary/aromatic N) is 2. The standard InChI is InChI=1S/C17H24N4O2S2/c1-9-10(2)25-16-14(9)15(22)19-13(20-16)8-24-11(3)17(23)21-5-4-12(6-18)7-21/h11-12H,4-8,18H2,1-3H3,(H,19,20,22). The molecule has 8 heteroatoms. The molecule has 1 fully saturated rings. The number of thiophene rings is 1. The number of H-pyrrole nitrogens is 1. The van der Waals surface area contributed by atoms with Gasteiger partial charge < -0.3 is 15.6 Å². The average molecular weight is 381 g/mol. The molecule has 2 aromatic rings. The van der Waals surface area contributed by atoms with E-state index in [-0.39, 0.29) is 16.7 Å². The largest absolute Gasteiger partial charge is 0.341 e. The minimum Gasteiger partial charge on any atom is -0.341 e. The van der Waals surface area contributed by atoms with Crippen molar-refractivity contribution >= 4 is 39.2 Å². The van der Waals surface area contributed by atoms with Crippen LogP contribution in [-0.4, -0.2) is 45.7 Å². The van der Waals surface area contributed by atoms with Gasteiger partial charge in [0, 0.05) is 18.0 Å². The van der Waals surface area contributed by atoms with Gasteiger partial charge in [-0.1, -0.05) is 0 Å². The Balaban J connectivity index is 1.66. The molecule has 3 rings (SSSR count). The Kier molecular flexibility index (Phi) is 5.50. The third-order valence-corrected chi connectivity index (χ3v) is 7.08. The monoisotopic (exact) mass is 380 g/mol. The summed E-state index contributed by atoms with van der Waals surface area (Å²) in [6.07, 6.45) is 0.988. The van der Waals surface area contributed by atoms with Crippen LogP contribution >= 0.6 is 23.1 Å². The molecule has 6 nitrogen and oxygen atoms in total. The Morgan fingerprint density at radius 2 is 2.28 bits per heavy atom. The summed E-state index contributed by atoms with van der Waals surface area (Å²) in [5.74, 6) is 1.71. The molecule has 1 amide bonds. The SMILES string of the molecule is Cc1sc2nc(CSC(C)C(=O)N3CCC(CN)C3)[nH]c(=O)c2c1C. The number of hydrogen-bond donors (Lipinski definition) is 2. The Morgan fingerprint density at radius 3 is 2.96 bits per heavy atom. The Hall–Kier alpha value is -1.38. The zero-order valence-electron chi connectivity index (χ0n) is 14.8. The third-order valence-electron chi connectivity index (χ3n) is 4.84. The molecule has 1 saturated heterocycles. The Labute approximate surface area is 155 Å². The molecule has 0 spiro atoms. The molecule has 2 unspecified atom stereocenters. The first-order chi connectivity index (χ1) is 11.9. The van der Waals surface area contributed by atoms with Crippen LogP contribution in [0.2, 0.25) is 0 Å². The quantitative estimate of drug-likeness (QED) is 0.828. The predicted molar refractivity (Wildman–Crippen MR) is 104 cm³/mol. The summed E-state index contributed by atoms with van der Waals surface area (Å²) < 4.78 is 0. The highest BCUT2D eigenvalue weighted by atomic mass is 32.2. The molecular formula is C17H24N4O2S2. The number of likely N-dealkylation sites (tertiary alicyclic amines) is 1. The number of nitrogens with one attached hydrogen (secondary N) is 1. The van der Waals surface area contributed by atoms with E-state index in [1.807, 2.05) is 25.7 Å². The predicted octanol–water partition coefficient (Wildman–Crippen LogP) is 2.03. The van der Waals surface area contributed by atoms with E-state index in [4.69, 9.17) is 5.73 Å².